The Hall–Kier alpha value is -1.07. The van der Waals surface area contributed by atoms with Crippen LogP contribution < -0.4 is 10.5 Å². The van der Waals surface area contributed by atoms with Gasteiger partial charge in [0, 0.05) is 0 Å². The highest BCUT2D eigenvalue weighted by atomic mass is 79.9. The fourth-order valence-corrected chi connectivity index (χ4v) is 1.36. The number of ether oxygens (including phenoxy) is 2. The summed E-state index contributed by atoms with van der Waals surface area (Å²) in [5, 5.41) is 0. The first kappa shape index (κ1) is 12.0. The van der Waals surface area contributed by atoms with Crippen molar-refractivity contribution in [3.05, 3.63) is 28.7 Å². The van der Waals surface area contributed by atoms with E-state index >= 15 is 0 Å². The highest BCUT2D eigenvalue weighted by molar-refractivity contribution is 9.10. The van der Waals surface area contributed by atoms with Crippen LogP contribution in [0, 0.1) is 0 Å². The molecule has 1 unspecified atom stereocenters. The van der Waals surface area contributed by atoms with Crippen molar-refractivity contribution in [3.8, 4) is 5.75 Å². The van der Waals surface area contributed by atoms with Crippen LogP contribution >= 0.6 is 15.9 Å². The highest BCUT2D eigenvalue weighted by Crippen LogP contribution is 2.23. The van der Waals surface area contributed by atoms with Crippen molar-refractivity contribution < 1.29 is 14.3 Å². The molecule has 1 aromatic carbocycles. The van der Waals surface area contributed by atoms with E-state index in [2.05, 4.69) is 20.7 Å². The number of hydrogen-bond donors (Lipinski definition) is 1. The predicted octanol–water partition coefficient (Wildman–Crippen LogP) is 1.33. The number of nitrogens with two attached hydrogens (primary N) is 1. The molecule has 0 aliphatic rings. The Morgan fingerprint density at radius 1 is 1.53 bits per heavy atom. The van der Waals surface area contributed by atoms with E-state index in [1.807, 2.05) is 18.2 Å². The van der Waals surface area contributed by atoms with Gasteiger partial charge in [-0.15, -0.1) is 0 Å². The van der Waals surface area contributed by atoms with Gasteiger partial charge in [-0.05, 0) is 28.1 Å². The van der Waals surface area contributed by atoms with E-state index < -0.39 is 12.0 Å². The Morgan fingerprint density at radius 3 is 2.80 bits per heavy atom. The summed E-state index contributed by atoms with van der Waals surface area (Å²) in [6.07, 6.45) is 0. The van der Waals surface area contributed by atoms with Crippen LogP contribution in [0.25, 0.3) is 0 Å². The zero-order valence-electron chi connectivity index (χ0n) is 8.27. The molecule has 0 aliphatic carbocycles. The van der Waals surface area contributed by atoms with Gasteiger partial charge in [0.25, 0.3) is 0 Å². The maximum Gasteiger partial charge on any atom is 0.326 e. The molecule has 0 saturated carbocycles. The molecule has 0 radical (unpaired) electrons. The third kappa shape index (κ3) is 3.53. The molecule has 0 amide bonds. The first-order chi connectivity index (χ1) is 7.15. The maximum atomic E-state index is 11.0. The summed E-state index contributed by atoms with van der Waals surface area (Å²) in [6, 6.07) is 6.58. The summed E-state index contributed by atoms with van der Waals surface area (Å²) < 4.78 is 10.6. The van der Waals surface area contributed by atoms with Crippen molar-refractivity contribution in [2.24, 2.45) is 5.73 Å². The smallest absolute Gasteiger partial charge is 0.326 e. The summed E-state index contributed by atoms with van der Waals surface area (Å²) in [5.74, 6) is 0.166. The van der Waals surface area contributed by atoms with Crippen molar-refractivity contribution >= 4 is 21.9 Å². The second-order valence-electron chi connectivity index (χ2n) is 2.87. The third-order valence-corrected chi connectivity index (χ3v) is 2.41. The van der Waals surface area contributed by atoms with Gasteiger partial charge in [0.2, 0.25) is 0 Å². The summed E-state index contributed by atoms with van der Waals surface area (Å²) in [7, 11) is 1.29. The Balaban J connectivity index is 2.50. The second kappa shape index (κ2) is 5.72. The van der Waals surface area contributed by atoms with Crippen LogP contribution in [0.5, 0.6) is 5.75 Å². The molecule has 1 rings (SSSR count). The molecule has 1 atom stereocenters. The standard InChI is InChI=1S/C10H12BrNO3/c1-14-10(13)8(12)6-15-9-5-3-2-4-7(9)11/h2-5,8H,6,12H2,1H3. The molecule has 5 heteroatoms. The number of methoxy groups -OCH3 is 1. The Bertz CT molecular complexity index is 343. The quantitative estimate of drug-likeness (QED) is 0.841. The van der Waals surface area contributed by atoms with E-state index in [1.165, 1.54) is 7.11 Å². The van der Waals surface area contributed by atoms with Gasteiger partial charge in [0.1, 0.15) is 18.4 Å². The van der Waals surface area contributed by atoms with Crippen molar-refractivity contribution in [2.75, 3.05) is 13.7 Å². The van der Waals surface area contributed by atoms with Crippen LogP contribution in [0.2, 0.25) is 0 Å². The lowest BCUT2D eigenvalue weighted by atomic mass is 10.3. The minimum absolute atomic E-state index is 0.0925. The van der Waals surface area contributed by atoms with Crippen molar-refractivity contribution in [3.63, 3.8) is 0 Å². The second-order valence-corrected chi connectivity index (χ2v) is 3.73. The largest absolute Gasteiger partial charge is 0.490 e. The molecule has 4 nitrogen and oxygen atoms in total. The van der Waals surface area contributed by atoms with Crippen LogP contribution in [-0.2, 0) is 9.53 Å². The molecule has 1 aromatic rings. The van der Waals surface area contributed by atoms with Gasteiger partial charge in [0.15, 0.2) is 0 Å². The Labute approximate surface area is 96.5 Å². The molecule has 82 valence electrons. The van der Waals surface area contributed by atoms with Crippen LogP contribution in [0.1, 0.15) is 0 Å². The molecular weight excluding hydrogens is 262 g/mol. The number of para-hydroxylation sites is 1. The lowest BCUT2D eigenvalue weighted by Crippen LogP contribution is -2.37. The van der Waals surface area contributed by atoms with Gasteiger partial charge in [-0.25, -0.2) is 0 Å². The zero-order chi connectivity index (χ0) is 11.3. The summed E-state index contributed by atoms with van der Waals surface area (Å²) >= 11 is 3.32. The molecule has 0 heterocycles. The summed E-state index contributed by atoms with van der Waals surface area (Å²) in [5.41, 5.74) is 5.51. The van der Waals surface area contributed by atoms with Gasteiger partial charge in [-0.1, -0.05) is 12.1 Å². The minimum atomic E-state index is -0.762. The molecule has 0 aromatic heterocycles. The van der Waals surface area contributed by atoms with E-state index in [9.17, 15) is 4.79 Å². The Kier molecular flexibility index (Phi) is 4.58. The monoisotopic (exact) mass is 273 g/mol. The van der Waals surface area contributed by atoms with Crippen LogP contribution in [0.3, 0.4) is 0 Å². The first-order valence-electron chi connectivity index (χ1n) is 4.36. The molecule has 0 saturated heterocycles. The number of rotatable bonds is 4. The SMILES string of the molecule is COC(=O)C(N)COc1ccccc1Br. The molecular formula is C10H12BrNO3. The maximum absolute atomic E-state index is 11.0. The number of carbonyl (C=O) groups excluding carboxylic acids is 1. The molecule has 0 fully saturated rings. The van der Waals surface area contributed by atoms with E-state index in [4.69, 9.17) is 10.5 Å². The highest BCUT2D eigenvalue weighted by Gasteiger charge is 2.14. The minimum Gasteiger partial charge on any atom is -0.490 e. The molecule has 0 aliphatic heterocycles. The fraction of sp³-hybridized carbons (Fsp3) is 0.300. The van der Waals surface area contributed by atoms with Crippen LogP contribution in [0.15, 0.2) is 28.7 Å². The van der Waals surface area contributed by atoms with E-state index in [0.29, 0.717) is 5.75 Å². The lowest BCUT2D eigenvalue weighted by Gasteiger charge is -2.11. The average Bonchev–Trinajstić information content (AvgIpc) is 2.26. The fourth-order valence-electron chi connectivity index (χ4n) is 0.961. The molecule has 0 spiro atoms. The molecule has 0 bridgehead atoms. The number of esters is 1. The zero-order valence-corrected chi connectivity index (χ0v) is 9.86. The van der Waals surface area contributed by atoms with Gasteiger partial charge in [-0.3, -0.25) is 4.79 Å². The van der Waals surface area contributed by atoms with E-state index in [1.54, 1.807) is 6.07 Å². The van der Waals surface area contributed by atoms with Gasteiger partial charge >= 0.3 is 5.97 Å². The normalized spacial score (nSPS) is 11.9. The van der Waals surface area contributed by atoms with Crippen molar-refractivity contribution in [2.45, 2.75) is 6.04 Å². The lowest BCUT2D eigenvalue weighted by molar-refractivity contribution is -0.142. The third-order valence-electron chi connectivity index (χ3n) is 1.76. The van der Waals surface area contributed by atoms with Crippen LogP contribution in [0.4, 0.5) is 0 Å². The number of hydrogen-bond acceptors (Lipinski definition) is 4. The number of carbonyl (C=O) groups is 1. The van der Waals surface area contributed by atoms with Crippen LogP contribution in [-0.4, -0.2) is 25.7 Å². The number of benzene rings is 1. The van der Waals surface area contributed by atoms with E-state index in [0.717, 1.165) is 4.47 Å². The summed E-state index contributed by atoms with van der Waals surface area (Å²) in [6.45, 7) is 0.0925. The Morgan fingerprint density at radius 2 is 2.20 bits per heavy atom. The van der Waals surface area contributed by atoms with Gasteiger partial charge in [0.05, 0.1) is 11.6 Å². The molecule has 2 N–H and O–H groups in total. The topological polar surface area (TPSA) is 61.5 Å². The molecule has 15 heavy (non-hydrogen) atoms. The van der Waals surface area contributed by atoms with E-state index in [-0.39, 0.29) is 6.61 Å². The van der Waals surface area contributed by atoms with Gasteiger partial charge in [-0.2, -0.15) is 0 Å². The predicted molar refractivity (Wildman–Crippen MR) is 59.6 cm³/mol. The van der Waals surface area contributed by atoms with Gasteiger partial charge < -0.3 is 15.2 Å². The first-order valence-corrected chi connectivity index (χ1v) is 5.15. The van der Waals surface area contributed by atoms with Crippen molar-refractivity contribution in [1.82, 2.24) is 0 Å². The number of halogens is 1. The average molecular weight is 274 g/mol. The summed E-state index contributed by atoms with van der Waals surface area (Å²) in [4.78, 5) is 11.0. The van der Waals surface area contributed by atoms with Crippen molar-refractivity contribution in [1.29, 1.82) is 0 Å².